The minimum atomic E-state index is -4.80. The number of thioether (sulfide) groups is 1. The van der Waals surface area contributed by atoms with E-state index in [0.717, 1.165) is 0 Å². The molecule has 0 N–H and O–H groups in total. The van der Waals surface area contributed by atoms with Crippen molar-refractivity contribution in [3.8, 4) is 0 Å². The van der Waals surface area contributed by atoms with Crippen molar-refractivity contribution in [1.29, 1.82) is 0 Å². The quantitative estimate of drug-likeness (QED) is 0.581. The summed E-state index contributed by atoms with van der Waals surface area (Å²) in [5.41, 5.74) is -4.76. The van der Waals surface area contributed by atoms with E-state index in [1.807, 2.05) is 0 Å². The molecule has 1 rings (SSSR count). The maximum absolute atomic E-state index is 12.2. The molecule has 0 saturated carbocycles. The fraction of sp³-hybridized carbons (Fsp3) is 0.625. The van der Waals surface area contributed by atoms with Crippen LogP contribution in [0.4, 0.5) is 39.5 Å². The van der Waals surface area contributed by atoms with E-state index in [4.69, 9.17) is 0 Å². The molecule has 0 atom stereocenters. The molecular formula is C8H5F9N2S2. The molecule has 0 aliphatic carbocycles. The topological polar surface area (TPSA) is 17.3 Å². The van der Waals surface area contributed by atoms with Crippen LogP contribution in [0.25, 0.3) is 0 Å². The molecule has 0 aliphatic rings. The number of hydrogen-bond donors (Lipinski definition) is 0. The van der Waals surface area contributed by atoms with E-state index < -0.39 is 51.7 Å². The van der Waals surface area contributed by atoms with Gasteiger partial charge in [0.2, 0.25) is 0 Å². The summed E-state index contributed by atoms with van der Waals surface area (Å²) < 4.78 is 109. The molecule has 0 fully saturated rings. The molecule has 2 nitrogen and oxygen atoms in total. The summed E-state index contributed by atoms with van der Waals surface area (Å²) in [7, 11) is 0. The SMILES string of the molecule is FC(F)(F)CN=c1sc(SC(F)(F)F)cn1CC(F)(F)F. The van der Waals surface area contributed by atoms with E-state index in [9.17, 15) is 39.5 Å². The summed E-state index contributed by atoms with van der Waals surface area (Å²) in [6.45, 7) is -3.50. The first-order valence-electron chi connectivity index (χ1n) is 4.85. The smallest absolute Gasteiger partial charge is 0.314 e. The Morgan fingerprint density at radius 3 is 2.00 bits per heavy atom. The van der Waals surface area contributed by atoms with Gasteiger partial charge in [-0.1, -0.05) is 11.3 Å². The minimum absolute atomic E-state index is 0.107. The number of thiazole rings is 1. The summed E-state index contributed by atoms with van der Waals surface area (Å²) >= 11 is -0.609. The van der Waals surface area contributed by atoms with Crippen molar-refractivity contribution in [3.63, 3.8) is 0 Å². The zero-order chi connectivity index (χ0) is 16.5. The zero-order valence-electron chi connectivity index (χ0n) is 9.60. The summed E-state index contributed by atoms with van der Waals surface area (Å²) in [5.74, 6) is 0. The van der Waals surface area contributed by atoms with Crippen LogP contribution in [-0.2, 0) is 6.54 Å². The highest BCUT2D eigenvalue weighted by Crippen LogP contribution is 2.38. The number of nitrogens with zero attached hydrogens (tertiary/aromatic N) is 2. The van der Waals surface area contributed by atoms with Crippen molar-refractivity contribution in [2.75, 3.05) is 6.54 Å². The molecule has 1 aromatic heterocycles. The first-order chi connectivity index (χ1) is 9.25. The second kappa shape index (κ2) is 6.10. The van der Waals surface area contributed by atoms with Crippen molar-refractivity contribution < 1.29 is 39.5 Å². The van der Waals surface area contributed by atoms with Gasteiger partial charge in [-0.25, -0.2) is 4.99 Å². The van der Waals surface area contributed by atoms with Crippen LogP contribution in [0.5, 0.6) is 0 Å². The van der Waals surface area contributed by atoms with Crippen LogP contribution in [0.15, 0.2) is 15.4 Å². The van der Waals surface area contributed by atoms with E-state index in [1.165, 1.54) is 0 Å². The Kier molecular flexibility index (Phi) is 5.29. The van der Waals surface area contributed by atoms with Crippen molar-refractivity contribution in [2.45, 2.75) is 28.6 Å². The van der Waals surface area contributed by atoms with Gasteiger partial charge in [-0.2, -0.15) is 39.5 Å². The van der Waals surface area contributed by atoms with Crippen LogP contribution in [0.1, 0.15) is 0 Å². The van der Waals surface area contributed by atoms with Gasteiger partial charge in [0.15, 0.2) is 4.80 Å². The Balaban J connectivity index is 3.13. The lowest BCUT2D eigenvalue weighted by atomic mass is 10.6. The average Bonchev–Trinajstić information content (AvgIpc) is 2.50. The molecule has 0 unspecified atom stereocenters. The lowest BCUT2D eigenvalue weighted by molar-refractivity contribution is -0.141. The van der Waals surface area contributed by atoms with Crippen molar-refractivity contribution in [2.24, 2.45) is 4.99 Å². The third-order valence-electron chi connectivity index (χ3n) is 1.66. The molecule has 0 aromatic carbocycles. The Labute approximate surface area is 119 Å². The molecule has 1 heterocycles. The van der Waals surface area contributed by atoms with Crippen LogP contribution in [0.2, 0.25) is 0 Å². The third-order valence-corrected chi connectivity index (χ3v) is 3.55. The first kappa shape index (κ1) is 18.2. The van der Waals surface area contributed by atoms with E-state index >= 15 is 0 Å². The van der Waals surface area contributed by atoms with Gasteiger partial charge in [0.1, 0.15) is 13.1 Å². The average molecular weight is 364 g/mol. The molecule has 0 bridgehead atoms. The number of alkyl halides is 9. The van der Waals surface area contributed by atoms with Gasteiger partial charge in [-0.05, 0) is 11.8 Å². The maximum atomic E-state index is 12.2. The summed E-state index contributed by atoms with van der Waals surface area (Å²) in [5, 5.41) is 0. The highest BCUT2D eigenvalue weighted by atomic mass is 32.2. The van der Waals surface area contributed by atoms with Gasteiger partial charge in [0, 0.05) is 6.20 Å². The molecule has 0 saturated heterocycles. The molecule has 0 radical (unpaired) electrons. The number of hydrogen-bond acceptors (Lipinski definition) is 3. The van der Waals surface area contributed by atoms with Gasteiger partial charge in [0.05, 0.1) is 4.21 Å². The molecule has 13 heteroatoms. The first-order valence-corrected chi connectivity index (χ1v) is 6.48. The van der Waals surface area contributed by atoms with Gasteiger partial charge in [-0.3, -0.25) is 0 Å². The predicted octanol–water partition coefficient (Wildman–Crippen LogP) is 4.19. The molecule has 1 aromatic rings. The molecule has 21 heavy (non-hydrogen) atoms. The Hall–Kier alpha value is -0.850. The van der Waals surface area contributed by atoms with Crippen molar-refractivity contribution >= 4 is 23.1 Å². The van der Waals surface area contributed by atoms with E-state index in [0.29, 0.717) is 6.20 Å². The van der Waals surface area contributed by atoms with E-state index in [2.05, 4.69) is 4.99 Å². The molecule has 0 aliphatic heterocycles. The summed E-state index contributed by atoms with van der Waals surface area (Å²) in [6, 6.07) is 0. The third kappa shape index (κ3) is 7.64. The summed E-state index contributed by atoms with van der Waals surface area (Å²) in [4.78, 5) is 2.11. The van der Waals surface area contributed by atoms with Crippen LogP contribution >= 0.6 is 23.1 Å². The second-order valence-electron chi connectivity index (χ2n) is 3.56. The van der Waals surface area contributed by atoms with E-state index in [1.54, 1.807) is 0 Å². The fourth-order valence-electron chi connectivity index (χ4n) is 1.11. The Morgan fingerprint density at radius 2 is 1.57 bits per heavy atom. The van der Waals surface area contributed by atoms with Gasteiger partial charge >= 0.3 is 17.9 Å². The Morgan fingerprint density at radius 1 is 1.00 bits per heavy atom. The predicted molar refractivity (Wildman–Crippen MR) is 56.8 cm³/mol. The number of rotatable bonds is 3. The monoisotopic (exact) mass is 364 g/mol. The number of halogens is 9. The Bertz CT molecular complexity index is 534. The molecular weight excluding hydrogens is 359 g/mol. The summed E-state index contributed by atoms with van der Waals surface area (Å²) in [6.07, 6.45) is -9.09. The molecule has 0 amide bonds. The second-order valence-corrected chi connectivity index (χ2v) is 5.93. The van der Waals surface area contributed by atoms with E-state index in [-0.39, 0.29) is 15.9 Å². The minimum Gasteiger partial charge on any atom is -0.314 e. The van der Waals surface area contributed by atoms with Gasteiger partial charge in [-0.15, -0.1) is 0 Å². The van der Waals surface area contributed by atoms with Crippen molar-refractivity contribution in [1.82, 2.24) is 4.57 Å². The van der Waals surface area contributed by atoms with Crippen LogP contribution in [-0.4, -0.2) is 29.0 Å². The molecule has 122 valence electrons. The van der Waals surface area contributed by atoms with Gasteiger partial charge < -0.3 is 4.57 Å². The zero-order valence-corrected chi connectivity index (χ0v) is 11.2. The van der Waals surface area contributed by atoms with Crippen LogP contribution in [0, 0.1) is 0 Å². The van der Waals surface area contributed by atoms with Crippen LogP contribution in [0.3, 0.4) is 0 Å². The normalized spacial score (nSPS) is 14.8. The lowest BCUT2D eigenvalue weighted by Crippen LogP contribution is -2.26. The standard InChI is InChI=1S/C8H5F9N2S2/c9-6(10,11)2-18-5-19(3-7(12,13)14)1-4(20-5)21-8(15,16)17/h1H,2-3H2. The van der Waals surface area contributed by atoms with Gasteiger partial charge in [0.25, 0.3) is 0 Å². The van der Waals surface area contributed by atoms with Crippen LogP contribution < -0.4 is 4.80 Å². The highest BCUT2D eigenvalue weighted by molar-refractivity contribution is 8.01. The fourth-order valence-corrected chi connectivity index (χ4v) is 2.91. The number of aromatic nitrogens is 1. The van der Waals surface area contributed by atoms with Crippen molar-refractivity contribution in [3.05, 3.63) is 11.0 Å². The largest absolute Gasteiger partial charge is 0.447 e. The maximum Gasteiger partial charge on any atom is 0.447 e. The molecule has 0 spiro atoms. The lowest BCUT2D eigenvalue weighted by Gasteiger charge is -2.07. The highest BCUT2D eigenvalue weighted by Gasteiger charge is 2.33.